The fourth-order valence-corrected chi connectivity index (χ4v) is 3.79. The SMILES string of the molecule is CCCCc1nc(C(F)(F)CCCC)nn1Cc1ccc(-n2c(F)cc(F)c2-c2nnn[nH]2)cc1. The van der Waals surface area contributed by atoms with E-state index in [9.17, 15) is 17.6 Å². The van der Waals surface area contributed by atoms with Gasteiger partial charge < -0.3 is 0 Å². The highest BCUT2D eigenvalue weighted by atomic mass is 19.3. The first-order valence-corrected chi connectivity index (χ1v) is 11.6. The van der Waals surface area contributed by atoms with Gasteiger partial charge in [-0.25, -0.2) is 19.2 Å². The molecule has 0 atom stereocenters. The molecule has 4 aromatic rings. The first-order chi connectivity index (χ1) is 16.8. The second-order valence-corrected chi connectivity index (χ2v) is 8.34. The van der Waals surface area contributed by atoms with Crippen molar-refractivity contribution in [1.82, 2.24) is 40.0 Å². The molecule has 12 heteroatoms. The number of aromatic amines is 1. The molecule has 0 aliphatic rings. The highest BCUT2D eigenvalue weighted by Crippen LogP contribution is 2.32. The molecule has 0 radical (unpaired) electrons. The standard InChI is InChI=1S/C23H26F4N8/c1-3-5-7-19-28-22(23(26,27)12-6-4-2)31-34(19)14-15-8-10-16(11-9-15)35-18(25)13-17(24)20(35)21-29-32-33-30-21/h8-11,13H,3-7,12,14H2,1-2H3,(H,29,30,32,33). The molecule has 0 spiro atoms. The lowest BCUT2D eigenvalue weighted by Gasteiger charge is -2.11. The van der Waals surface area contributed by atoms with E-state index >= 15 is 0 Å². The third-order valence-electron chi connectivity index (χ3n) is 5.68. The van der Waals surface area contributed by atoms with Crippen molar-refractivity contribution in [2.45, 2.75) is 64.8 Å². The summed E-state index contributed by atoms with van der Waals surface area (Å²) in [5.41, 5.74) is 0.950. The Morgan fingerprint density at radius 2 is 1.77 bits per heavy atom. The fourth-order valence-electron chi connectivity index (χ4n) is 3.79. The molecule has 1 aromatic carbocycles. The van der Waals surface area contributed by atoms with E-state index in [0.29, 0.717) is 30.8 Å². The van der Waals surface area contributed by atoms with Crippen LogP contribution in [-0.2, 0) is 18.9 Å². The smallest absolute Gasteiger partial charge is 0.280 e. The molecule has 3 aromatic heterocycles. The van der Waals surface area contributed by atoms with Crippen molar-refractivity contribution in [1.29, 1.82) is 0 Å². The molecule has 0 saturated carbocycles. The molecule has 8 nitrogen and oxygen atoms in total. The monoisotopic (exact) mass is 490 g/mol. The van der Waals surface area contributed by atoms with Crippen LogP contribution in [0.1, 0.15) is 63.2 Å². The van der Waals surface area contributed by atoms with Crippen LogP contribution < -0.4 is 0 Å². The number of alkyl halides is 2. The second kappa shape index (κ2) is 10.4. The predicted octanol–water partition coefficient (Wildman–Crippen LogP) is 5.20. The maximum atomic E-state index is 14.6. The molecular formula is C23H26F4N8. The number of hydrogen-bond acceptors (Lipinski definition) is 5. The Morgan fingerprint density at radius 1 is 1.03 bits per heavy atom. The van der Waals surface area contributed by atoms with E-state index in [1.54, 1.807) is 24.3 Å². The average molecular weight is 491 g/mol. The number of aromatic nitrogens is 8. The summed E-state index contributed by atoms with van der Waals surface area (Å²) in [5.74, 6) is -4.70. The highest BCUT2D eigenvalue weighted by molar-refractivity contribution is 5.56. The van der Waals surface area contributed by atoms with Gasteiger partial charge >= 0.3 is 5.92 Å². The van der Waals surface area contributed by atoms with Crippen molar-refractivity contribution in [3.05, 3.63) is 59.3 Å². The molecule has 3 heterocycles. The molecule has 186 valence electrons. The normalized spacial score (nSPS) is 11.9. The van der Waals surface area contributed by atoms with Crippen molar-refractivity contribution < 1.29 is 17.6 Å². The van der Waals surface area contributed by atoms with E-state index in [4.69, 9.17) is 0 Å². The van der Waals surface area contributed by atoms with Gasteiger partial charge in [0.15, 0.2) is 11.6 Å². The number of benzene rings is 1. The molecule has 35 heavy (non-hydrogen) atoms. The van der Waals surface area contributed by atoms with Gasteiger partial charge in [-0.1, -0.05) is 38.8 Å². The summed E-state index contributed by atoms with van der Waals surface area (Å²) in [6.45, 7) is 4.10. The number of rotatable bonds is 11. The topological polar surface area (TPSA) is 90.1 Å². The lowest BCUT2D eigenvalue weighted by molar-refractivity contribution is -0.0245. The van der Waals surface area contributed by atoms with E-state index < -0.39 is 23.5 Å². The van der Waals surface area contributed by atoms with Gasteiger partial charge in [0.05, 0.1) is 6.54 Å². The van der Waals surface area contributed by atoms with Gasteiger partial charge in [0.2, 0.25) is 11.8 Å². The van der Waals surface area contributed by atoms with Crippen molar-refractivity contribution in [2.75, 3.05) is 0 Å². The molecule has 0 unspecified atom stereocenters. The Morgan fingerprint density at radius 3 is 2.43 bits per heavy atom. The number of nitrogens with one attached hydrogen (secondary N) is 1. The molecule has 0 fully saturated rings. The maximum absolute atomic E-state index is 14.6. The van der Waals surface area contributed by atoms with Gasteiger partial charge in [-0.3, -0.25) is 4.57 Å². The van der Waals surface area contributed by atoms with E-state index in [-0.39, 0.29) is 24.5 Å². The van der Waals surface area contributed by atoms with Gasteiger partial charge in [-0.2, -0.15) is 13.2 Å². The molecule has 0 aliphatic heterocycles. The lowest BCUT2D eigenvalue weighted by atomic mass is 10.1. The summed E-state index contributed by atoms with van der Waals surface area (Å²) in [4.78, 5) is 4.17. The molecule has 0 amide bonds. The summed E-state index contributed by atoms with van der Waals surface area (Å²) in [5, 5.41) is 17.1. The summed E-state index contributed by atoms with van der Waals surface area (Å²) in [6, 6.07) is 7.36. The third-order valence-corrected chi connectivity index (χ3v) is 5.68. The summed E-state index contributed by atoms with van der Waals surface area (Å²) in [7, 11) is 0. The Kier molecular flexibility index (Phi) is 7.27. The Bertz CT molecular complexity index is 1250. The summed E-state index contributed by atoms with van der Waals surface area (Å²) in [6.07, 6.45) is 2.98. The van der Waals surface area contributed by atoms with Crippen LogP contribution in [-0.4, -0.2) is 40.0 Å². The van der Waals surface area contributed by atoms with Crippen LogP contribution in [0.3, 0.4) is 0 Å². The molecule has 0 aliphatic carbocycles. The Balaban J connectivity index is 1.61. The van der Waals surface area contributed by atoms with Gasteiger partial charge in [-0.05, 0) is 41.0 Å². The van der Waals surface area contributed by atoms with Crippen LogP contribution in [0.2, 0.25) is 0 Å². The number of unbranched alkanes of at least 4 members (excludes halogenated alkanes) is 2. The number of aryl methyl sites for hydroxylation is 1. The largest absolute Gasteiger partial charge is 0.308 e. The minimum Gasteiger partial charge on any atom is -0.280 e. The van der Waals surface area contributed by atoms with Crippen LogP contribution in [0, 0.1) is 11.8 Å². The molecular weight excluding hydrogens is 464 g/mol. The van der Waals surface area contributed by atoms with Gasteiger partial charge in [0.1, 0.15) is 11.5 Å². The lowest BCUT2D eigenvalue weighted by Crippen LogP contribution is -2.16. The molecule has 1 N–H and O–H groups in total. The Labute approximate surface area is 199 Å². The first-order valence-electron chi connectivity index (χ1n) is 11.6. The predicted molar refractivity (Wildman–Crippen MR) is 120 cm³/mol. The number of tetrazole rings is 1. The van der Waals surface area contributed by atoms with Gasteiger partial charge in [0.25, 0.3) is 0 Å². The average Bonchev–Trinajstić information content (AvgIpc) is 3.56. The van der Waals surface area contributed by atoms with Crippen LogP contribution >= 0.6 is 0 Å². The third kappa shape index (κ3) is 5.25. The number of hydrogen-bond donors (Lipinski definition) is 1. The number of halogens is 4. The minimum atomic E-state index is -3.09. The minimum absolute atomic E-state index is 0.0183. The van der Waals surface area contributed by atoms with Crippen LogP contribution in [0.4, 0.5) is 17.6 Å². The second-order valence-electron chi connectivity index (χ2n) is 8.34. The quantitative estimate of drug-likeness (QED) is 0.292. The van der Waals surface area contributed by atoms with Crippen molar-refractivity contribution in [3.63, 3.8) is 0 Å². The van der Waals surface area contributed by atoms with Crippen LogP contribution in [0.5, 0.6) is 0 Å². The van der Waals surface area contributed by atoms with Gasteiger partial charge in [0, 0.05) is 24.6 Å². The van der Waals surface area contributed by atoms with E-state index in [0.717, 1.165) is 29.0 Å². The van der Waals surface area contributed by atoms with E-state index in [1.165, 1.54) is 4.68 Å². The molecule has 0 saturated heterocycles. The van der Waals surface area contributed by atoms with Crippen molar-refractivity contribution >= 4 is 0 Å². The zero-order chi connectivity index (χ0) is 25.0. The first kappa shape index (κ1) is 24.6. The summed E-state index contributed by atoms with van der Waals surface area (Å²) >= 11 is 0. The number of H-pyrrole nitrogens is 1. The fraction of sp³-hybridized carbons (Fsp3) is 0.435. The zero-order valence-corrected chi connectivity index (χ0v) is 19.5. The maximum Gasteiger partial charge on any atom is 0.308 e. The number of nitrogens with zero attached hydrogens (tertiary/aromatic N) is 7. The highest BCUT2D eigenvalue weighted by Gasteiger charge is 2.36. The van der Waals surface area contributed by atoms with Crippen LogP contribution in [0.25, 0.3) is 17.2 Å². The van der Waals surface area contributed by atoms with Gasteiger partial charge in [-0.15, -0.1) is 10.2 Å². The Hall–Kier alpha value is -3.57. The summed E-state index contributed by atoms with van der Waals surface area (Å²) < 4.78 is 60.6. The van der Waals surface area contributed by atoms with E-state index in [2.05, 4.69) is 30.7 Å². The van der Waals surface area contributed by atoms with Crippen molar-refractivity contribution in [2.24, 2.45) is 0 Å². The van der Waals surface area contributed by atoms with Crippen molar-refractivity contribution in [3.8, 4) is 17.2 Å². The van der Waals surface area contributed by atoms with E-state index in [1.807, 2.05) is 13.8 Å². The zero-order valence-electron chi connectivity index (χ0n) is 19.5. The molecule has 0 bridgehead atoms. The van der Waals surface area contributed by atoms with Crippen LogP contribution in [0.15, 0.2) is 30.3 Å². The molecule has 4 rings (SSSR count).